The van der Waals surface area contributed by atoms with E-state index in [2.05, 4.69) is 5.32 Å². The Morgan fingerprint density at radius 3 is 2.65 bits per heavy atom. The highest BCUT2D eigenvalue weighted by atomic mass is 35.5. The summed E-state index contributed by atoms with van der Waals surface area (Å²) in [5.74, 6) is 0.587. The number of fused-ring (bicyclic) bond motifs is 2. The molecule has 136 valence electrons. The quantitative estimate of drug-likeness (QED) is 0.831. The first-order valence-corrected chi connectivity index (χ1v) is 8.35. The number of alkyl halides is 3. The highest BCUT2D eigenvalue weighted by Gasteiger charge is 2.34. The van der Waals surface area contributed by atoms with Gasteiger partial charge in [-0.3, -0.25) is 4.79 Å². The van der Waals surface area contributed by atoms with E-state index in [1.807, 2.05) is 6.07 Å². The average molecular weight is 384 g/mol. The van der Waals surface area contributed by atoms with E-state index in [1.165, 1.54) is 6.07 Å². The minimum absolute atomic E-state index is 0.00925. The van der Waals surface area contributed by atoms with E-state index in [0.717, 1.165) is 17.7 Å². The van der Waals surface area contributed by atoms with E-state index in [1.54, 1.807) is 0 Å². The summed E-state index contributed by atoms with van der Waals surface area (Å²) in [6, 6.07) is 5.13. The minimum Gasteiger partial charge on any atom is -0.493 e. The molecule has 8 heteroatoms. The van der Waals surface area contributed by atoms with Crippen LogP contribution >= 0.6 is 11.6 Å². The molecular weight excluding hydrogens is 371 g/mol. The number of carbonyl (C=O) groups is 1. The maximum atomic E-state index is 13.0. The van der Waals surface area contributed by atoms with Crippen LogP contribution in [0.15, 0.2) is 24.3 Å². The molecule has 2 aliphatic rings. The van der Waals surface area contributed by atoms with Crippen molar-refractivity contribution in [2.75, 3.05) is 18.5 Å². The summed E-state index contributed by atoms with van der Waals surface area (Å²) in [7, 11) is 0. The molecule has 2 aliphatic heterocycles. The summed E-state index contributed by atoms with van der Waals surface area (Å²) in [5.41, 5.74) is 0.919. The van der Waals surface area contributed by atoms with E-state index in [9.17, 15) is 18.0 Å². The number of hydrogen-bond donors (Lipinski definition) is 1. The maximum Gasteiger partial charge on any atom is 0.417 e. The average Bonchev–Trinajstić information content (AvgIpc) is 3.21. The van der Waals surface area contributed by atoms with Gasteiger partial charge in [0.1, 0.15) is 11.5 Å². The molecule has 2 aromatic carbocycles. The van der Waals surface area contributed by atoms with Gasteiger partial charge in [0.2, 0.25) is 0 Å². The number of hydrogen-bond acceptors (Lipinski definition) is 3. The largest absolute Gasteiger partial charge is 0.493 e. The summed E-state index contributed by atoms with van der Waals surface area (Å²) >= 11 is 5.62. The van der Waals surface area contributed by atoms with Crippen molar-refractivity contribution in [1.29, 1.82) is 0 Å². The molecule has 0 radical (unpaired) electrons. The van der Waals surface area contributed by atoms with Crippen molar-refractivity contribution < 1.29 is 27.4 Å². The van der Waals surface area contributed by atoms with Crippen molar-refractivity contribution >= 4 is 23.2 Å². The minimum atomic E-state index is -4.61. The van der Waals surface area contributed by atoms with Crippen LogP contribution in [0.5, 0.6) is 11.5 Å². The number of anilines is 1. The highest BCUT2D eigenvalue weighted by molar-refractivity contribution is 6.31. The second-order valence-electron chi connectivity index (χ2n) is 6.06. The molecule has 0 saturated heterocycles. The molecule has 0 fully saturated rings. The van der Waals surface area contributed by atoms with Gasteiger partial charge in [-0.2, -0.15) is 13.2 Å². The van der Waals surface area contributed by atoms with Crippen LogP contribution in [0.2, 0.25) is 5.02 Å². The van der Waals surface area contributed by atoms with Gasteiger partial charge in [-0.25, -0.2) is 0 Å². The van der Waals surface area contributed by atoms with Crippen molar-refractivity contribution in [3.8, 4) is 11.5 Å². The molecule has 2 heterocycles. The van der Waals surface area contributed by atoms with Crippen molar-refractivity contribution in [2.24, 2.45) is 0 Å². The lowest BCUT2D eigenvalue weighted by atomic mass is 9.99. The molecule has 0 atom stereocenters. The fourth-order valence-corrected chi connectivity index (χ4v) is 3.46. The van der Waals surface area contributed by atoms with E-state index < -0.39 is 22.7 Å². The third kappa shape index (κ3) is 2.86. The Balaban J connectivity index is 1.71. The fourth-order valence-electron chi connectivity index (χ4n) is 3.24. The lowest BCUT2D eigenvalue weighted by molar-refractivity contribution is -0.137. The highest BCUT2D eigenvalue weighted by Crippen LogP contribution is 2.41. The summed E-state index contributed by atoms with van der Waals surface area (Å²) in [5, 5.41) is 2.10. The van der Waals surface area contributed by atoms with E-state index in [4.69, 9.17) is 21.1 Å². The van der Waals surface area contributed by atoms with Crippen LogP contribution < -0.4 is 14.8 Å². The molecule has 4 rings (SSSR count). The molecule has 0 saturated carbocycles. The predicted molar refractivity (Wildman–Crippen MR) is 89.2 cm³/mol. The molecule has 2 aromatic rings. The van der Waals surface area contributed by atoms with Gasteiger partial charge in [0, 0.05) is 29.7 Å². The zero-order valence-corrected chi connectivity index (χ0v) is 14.1. The molecule has 26 heavy (non-hydrogen) atoms. The lowest BCUT2D eigenvalue weighted by Gasteiger charge is -2.14. The number of ether oxygens (including phenoxy) is 2. The van der Waals surface area contributed by atoms with Gasteiger partial charge in [-0.15, -0.1) is 0 Å². The number of benzene rings is 2. The number of nitrogens with one attached hydrogen (secondary N) is 1. The monoisotopic (exact) mass is 383 g/mol. The molecule has 1 N–H and O–H groups in total. The van der Waals surface area contributed by atoms with Gasteiger partial charge in [-0.1, -0.05) is 11.6 Å². The van der Waals surface area contributed by atoms with Crippen molar-refractivity contribution in [1.82, 2.24) is 0 Å². The van der Waals surface area contributed by atoms with Crippen molar-refractivity contribution in [3.63, 3.8) is 0 Å². The van der Waals surface area contributed by atoms with Gasteiger partial charge in [0.15, 0.2) is 0 Å². The second-order valence-corrected chi connectivity index (χ2v) is 6.47. The van der Waals surface area contributed by atoms with Crippen molar-refractivity contribution in [2.45, 2.75) is 19.0 Å². The smallest absolute Gasteiger partial charge is 0.417 e. The SMILES string of the molecule is O=C(Nc1ccc(Cl)c(C(F)(F)F)c1)c1c2c(cc3c1OCC3)OCC2. The van der Waals surface area contributed by atoms with Gasteiger partial charge in [-0.05, 0) is 24.3 Å². The zero-order valence-electron chi connectivity index (χ0n) is 13.4. The van der Waals surface area contributed by atoms with Crippen LogP contribution in [0.1, 0.15) is 27.0 Å². The number of carbonyl (C=O) groups excluding carboxylic acids is 1. The lowest BCUT2D eigenvalue weighted by Crippen LogP contribution is -2.16. The Labute approximate surface area is 151 Å². The molecule has 4 nitrogen and oxygen atoms in total. The van der Waals surface area contributed by atoms with E-state index in [0.29, 0.717) is 48.7 Å². The number of rotatable bonds is 2. The first-order chi connectivity index (χ1) is 12.3. The van der Waals surface area contributed by atoms with Crippen LogP contribution in [-0.2, 0) is 19.0 Å². The third-order valence-corrected chi connectivity index (χ3v) is 4.74. The van der Waals surface area contributed by atoms with Gasteiger partial charge >= 0.3 is 6.18 Å². The maximum absolute atomic E-state index is 13.0. The molecule has 0 aliphatic carbocycles. The molecule has 0 spiro atoms. The summed E-state index contributed by atoms with van der Waals surface area (Å²) < 4.78 is 50.2. The Hall–Kier alpha value is -2.41. The Kier molecular flexibility index (Phi) is 3.99. The van der Waals surface area contributed by atoms with E-state index >= 15 is 0 Å². The van der Waals surface area contributed by atoms with Gasteiger partial charge in [0.25, 0.3) is 5.91 Å². The second kappa shape index (κ2) is 6.09. The molecule has 0 bridgehead atoms. The van der Waals surface area contributed by atoms with Crippen LogP contribution in [-0.4, -0.2) is 19.1 Å². The summed E-state index contributed by atoms with van der Waals surface area (Å²) in [6.45, 7) is 0.912. The first kappa shape index (κ1) is 17.0. The third-order valence-electron chi connectivity index (χ3n) is 4.41. The van der Waals surface area contributed by atoms with Crippen LogP contribution in [0.25, 0.3) is 0 Å². The normalized spacial score (nSPS) is 15.1. The number of amides is 1. The first-order valence-electron chi connectivity index (χ1n) is 7.97. The molecular formula is C18H13ClF3NO3. The fraction of sp³-hybridized carbons (Fsp3) is 0.278. The topological polar surface area (TPSA) is 47.6 Å². The molecule has 0 aromatic heterocycles. The number of halogens is 4. The van der Waals surface area contributed by atoms with Crippen molar-refractivity contribution in [3.05, 3.63) is 51.5 Å². The Morgan fingerprint density at radius 2 is 1.88 bits per heavy atom. The predicted octanol–water partition coefficient (Wildman–Crippen LogP) is 4.48. The molecule has 0 unspecified atom stereocenters. The summed E-state index contributed by atoms with van der Waals surface area (Å²) in [6.07, 6.45) is -3.40. The zero-order chi connectivity index (χ0) is 18.5. The van der Waals surface area contributed by atoms with Crippen LogP contribution in [0.4, 0.5) is 18.9 Å². The van der Waals surface area contributed by atoms with Gasteiger partial charge < -0.3 is 14.8 Å². The Bertz CT molecular complexity index is 879. The summed E-state index contributed by atoms with van der Waals surface area (Å²) in [4.78, 5) is 12.8. The van der Waals surface area contributed by atoms with E-state index in [-0.39, 0.29) is 5.69 Å². The van der Waals surface area contributed by atoms with Crippen LogP contribution in [0, 0.1) is 0 Å². The van der Waals surface area contributed by atoms with Gasteiger partial charge in [0.05, 0.1) is 29.4 Å². The molecule has 1 amide bonds. The standard InChI is InChI=1S/C18H13ClF3NO3/c19-13-2-1-10(8-12(13)18(20,21)22)23-17(24)15-11-4-6-25-14(11)7-9-3-5-26-16(9)15/h1-2,7-8H,3-6H2,(H,23,24). The Morgan fingerprint density at radius 1 is 1.12 bits per heavy atom. The van der Waals surface area contributed by atoms with Crippen LogP contribution in [0.3, 0.4) is 0 Å².